The van der Waals surface area contributed by atoms with Crippen molar-refractivity contribution in [1.82, 2.24) is 0 Å². The van der Waals surface area contributed by atoms with Crippen LogP contribution in [0.1, 0.15) is 66.5 Å². The first-order chi connectivity index (χ1) is 11.0. The van der Waals surface area contributed by atoms with Gasteiger partial charge in [0.05, 0.1) is 0 Å². The van der Waals surface area contributed by atoms with Crippen LogP contribution in [-0.2, 0) is 10.8 Å². The van der Waals surface area contributed by atoms with E-state index in [1.165, 1.54) is 22.5 Å². The number of anilines is 2. The number of hydrogen-bond donors (Lipinski definition) is 0. The maximum atomic E-state index is 2.44. The first-order valence-corrected chi connectivity index (χ1v) is 9.00. The molecule has 0 N–H and O–H groups in total. The zero-order valence-electron chi connectivity index (χ0n) is 16.6. The molecule has 0 spiro atoms. The van der Waals surface area contributed by atoms with Gasteiger partial charge >= 0.3 is 0 Å². The molecule has 0 aliphatic carbocycles. The molecule has 0 heterocycles. The zero-order valence-corrected chi connectivity index (χ0v) is 16.6. The van der Waals surface area contributed by atoms with E-state index in [9.17, 15) is 0 Å². The van der Waals surface area contributed by atoms with Crippen molar-refractivity contribution in [3.8, 4) is 0 Å². The summed E-state index contributed by atoms with van der Waals surface area (Å²) in [5, 5.41) is 0. The van der Waals surface area contributed by atoms with E-state index >= 15 is 0 Å². The van der Waals surface area contributed by atoms with Crippen LogP contribution in [0.25, 0.3) is 0 Å². The minimum absolute atomic E-state index is 0.134. The third-order valence-electron chi connectivity index (χ3n) is 4.48. The summed E-state index contributed by atoms with van der Waals surface area (Å²) in [5.74, 6) is 0. The predicted molar refractivity (Wildman–Crippen MR) is 108 cm³/mol. The molecule has 0 amide bonds. The molecule has 130 valence electrons. The van der Waals surface area contributed by atoms with Gasteiger partial charge in [-0.25, -0.2) is 0 Å². The number of nitrogens with zero attached hydrogens (tertiary/aromatic N) is 1. The Kier molecular flexibility index (Phi) is 5.13. The van der Waals surface area contributed by atoms with Gasteiger partial charge in [-0.05, 0) is 60.1 Å². The van der Waals surface area contributed by atoms with Crippen molar-refractivity contribution in [2.75, 3.05) is 4.90 Å². The lowest BCUT2D eigenvalue weighted by molar-refractivity contribution is 0.568. The number of benzene rings is 2. The first-order valence-electron chi connectivity index (χ1n) is 9.00. The molecule has 2 rings (SSSR count). The monoisotopic (exact) mass is 323 g/mol. The van der Waals surface area contributed by atoms with E-state index in [0.29, 0.717) is 6.04 Å². The maximum Gasteiger partial charge on any atom is 0.0419 e. The average molecular weight is 324 g/mol. The lowest BCUT2D eigenvalue weighted by atomic mass is 9.80. The fraction of sp³-hybridized carbons (Fsp3) is 0.478. The Hall–Kier alpha value is -1.76. The van der Waals surface area contributed by atoms with Crippen LogP contribution in [0.2, 0.25) is 0 Å². The van der Waals surface area contributed by atoms with Gasteiger partial charge in [0.15, 0.2) is 0 Å². The molecule has 1 heteroatoms. The fourth-order valence-corrected chi connectivity index (χ4v) is 2.95. The molecule has 2 aromatic rings. The molecule has 0 radical (unpaired) electrons. The third kappa shape index (κ3) is 4.20. The molecule has 24 heavy (non-hydrogen) atoms. The highest BCUT2D eigenvalue weighted by Gasteiger charge is 2.23. The molecular weight excluding hydrogens is 290 g/mol. The van der Waals surface area contributed by atoms with Crippen molar-refractivity contribution in [1.29, 1.82) is 0 Å². The van der Waals surface area contributed by atoms with Crippen LogP contribution in [0.15, 0.2) is 48.5 Å². The van der Waals surface area contributed by atoms with Crippen molar-refractivity contribution in [3.63, 3.8) is 0 Å². The van der Waals surface area contributed by atoms with Gasteiger partial charge in [-0.2, -0.15) is 0 Å². The van der Waals surface area contributed by atoms with Crippen LogP contribution >= 0.6 is 0 Å². The predicted octanol–water partition coefficient (Wildman–Crippen LogP) is 6.83. The fourth-order valence-electron chi connectivity index (χ4n) is 2.95. The van der Waals surface area contributed by atoms with Gasteiger partial charge in [-0.1, -0.05) is 65.8 Å². The van der Waals surface area contributed by atoms with E-state index in [0.717, 1.165) is 0 Å². The van der Waals surface area contributed by atoms with E-state index in [4.69, 9.17) is 0 Å². The van der Waals surface area contributed by atoms with Gasteiger partial charge in [-0.15, -0.1) is 0 Å². The second-order valence-corrected chi connectivity index (χ2v) is 9.07. The highest BCUT2D eigenvalue weighted by atomic mass is 15.2. The van der Waals surface area contributed by atoms with Gasteiger partial charge in [-0.3, -0.25) is 0 Å². The van der Waals surface area contributed by atoms with Crippen molar-refractivity contribution < 1.29 is 0 Å². The van der Waals surface area contributed by atoms with Gasteiger partial charge in [0.1, 0.15) is 0 Å². The van der Waals surface area contributed by atoms with Crippen LogP contribution < -0.4 is 4.90 Å². The maximum absolute atomic E-state index is 2.44. The van der Waals surface area contributed by atoms with Crippen molar-refractivity contribution in [3.05, 3.63) is 59.7 Å². The summed E-state index contributed by atoms with van der Waals surface area (Å²) in [6.45, 7) is 18.3. The number of rotatable bonds is 3. The molecule has 0 aromatic heterocycles. The Labute approximate surface area is 148 Å². The summed E-state index contributed by atoms with van der Waals surface area (Å²) < 4.78 is 0. The van der Waals surface area contributed by atoms with E-state index < -0.39 is 0 Å². The minimum Gasteiger partial charge on any atom is -0.339 e. The Morgan fingerprint density at radius 1 is 0.667 bits per heavy atom. The minimum atomic E-state index is 0.134. The molecular formula is C23H33N. The van der Waals surface area contributed by atoms with Crippen LogP contribution in [0.3, 0.4) is 0 Å². The van der Waals surface area contributed by atoms with E-state index in [-0.39, 0.29) is 10.8 Å². The smallest absolute Gasteiger partial charge is 0.0419 e. The van der Waals surface area contributed by atoms with E-state index in [1.807, 2.05) is 0 Å². The lowest BCUT2D eigenvalue weighted by Crippen LogP contribution is -2.27. The summed E-state index contributed by atoms with van der Waals surface area (Å²) in [4.78, 5) is 2.44. The van der Waals surface area contributed by atoms with E-state index in [1.54, 1.807) is 0 Å². The first kappa shape index (κ1) is 18.6. The Bertz CT molecular complexity index is 637. The third-order valence-corrected chi connectivity index (χ3v) is 4.48. The highest BCUT2D eigenvalue weighted by molar-refractivity contribution is 5.66. The Morgan fingerprint density at radius 2 is 1.12 bits per heavy atom. The van der Waals surface area contributed by atoms with Gasteiger partial charge < -0.3 is 4.90 Å². The molecule has 0 atom stereocenters. The molecule has 0 unspecified atom stereocenters. The summed E-state index contributed by atoms with van der Waals surface area (Å²) in [5.41, 5.74) is 5.59. The second kappa shape index (κ2) is 6.63. The molecule has 0 fully saturated rings. The topological polar surface area (TPSA) is 3.24 Å². The lowest BCUT2D eigenvalue weighted by Gasteiger charge is -2.33. The van der Waals surface area contributed by atoms with Crippen LogP contribution in [0.5, 0.6) is 0 Å². The summed E-state index contributed by atoms with van der Waals surface area (Å²) >= 11 is 0. The number of hydrogen-bond acceptors (Lipinski definition) is 1. The SMILES string of the molecule is CC(C)N(c1ccccc1)c1cc(C(C)(C)C)cc(C(C)(C)C)c1. The molecule has 0 aliphatic rings. The van der Waals surface area contributed by atoms with Crippen LogP contribution in [0, 0.1) is 0 Å². The normalized spacial score (nSPS) is 12.5. The second-order valence-electron chi connectivity index (χ2n) is 9.07. The molecule has 0 bridgehead atoms. The van der Waals surface area contributed by atoms with Gasteiger partial charge in [0, 0.05) is 17.4 Å². The van der Waals surface area contributed by atoms with Crippen molar-refractivity contribution in [2.24, 2.45) is 0 Å². The Balaban J connectivity index is 2.66. The molecule has 0 aliphatic heterocycles. The van der Waals surface area contributed by atoms with Crippen LogP contribution in [0.4, 0.5) is 11.4 Å². The summed E-state index contributed by atoms with van der Waals surface area (Å²) in [6, 6.07) is 18.2. The summed E-state index contributed by atoms with van der Waals surface area (Å²) in [6.07, 6.45) is 0. The highest BCUT2D eigenvalue weighted by Crippen LogP contribution is 2.36. The van der Waals surface area contributed by atoms with Crippen molar-refractivity contribution >= 4 is 11.4 Å². The Morgan fingerprint density at radius 3 is 1.50 bits per heavy atom. The average Bonchev–Trinajstić information content (AvgIpc) is 2.46. The van der Waals surface area contributed by atoms with Gasteiger partial charge in [0.25, 0.3) is 0 Å². The van der Waals surface area contributed by atoms with Gasteiger partial charge in [0.2, 0.25) is 0 Å². The molecule has 0 saturated heterocycles. The number of para-hydroxylation sites is 1. The zero-order chi connectivity index (χ0) is 18.1. The van der Waals surface area contributed by atoms with Crippen molar-refractivity contribution in [2.45, 2.75) is 72.3 Å². The largest absolute Gasteiger partial charge is 0.339 e. The quantitative estimate of drug-likeness (QED) is 0.598. The summed E-state index contributed by atoms with van der Waals surface area (Å²) in [7, 11) is 0. The molecule has 1 nitrogen and oxygen atoms in total. The molecule has 0 saturated carbocycles. The van der Waals surface area contributed by atoms with Crippen LogP contribution in [-0.4, -0.2) is 6.04 Å². The standard InChI is InChI=1S/C23H33N/c1-17(2)24(20-12-10-9-11-13-20)21-15-18(22(3,4)5)14-19(16-21)23(6,7)8/h9-17H,1-8H3. The molecule has 2 aromatic carbocycles. The van der Waals surface area contributed by atoms with E-state index in [2.05, 4.69) is 109 Å².